The van der Waals surface area contributed by atoms with E-state index >= 15 is 0 Å². The Morgan fingerprint density at radius 1 is 0.931 bits per heavy atom. The highest BCUT2D eigenvalue weighted by Crippen LogP contribution is 2.29. The molecule has 0 aliphatic carbocycles. The zero-order valence-electron chi connectivity index (χ0n) is 15.2. The predicted molar refractivity (Wildman–Crippen MR) is 106 cm³/mol. The molecule has 3 aromatic carbocycles. The van der Waals surface area contributed by atoms with Crippen molar-refractivity contribution in [2.45, 2.75) is 6.61 Å². The van der Waals surface area contributed by atoms with Gasteiger partial charge in [0.1, 0.15) is 17.9 Å². The van der Waals surface area contributed by atoms with E-state index in [0.717, 1.165) is 4.90 Å². The van der Waals surface area contributed by atoms with Crippen molar-refractivity contribution in [3.8, 4) is 5.75 Å². The number of nitrogens with two attached hydrogens (primary N) is 1. The average Bonchev–Trinajstić information content (AvgIpc) is 2.99. The summed E-state index contributed by atoms with van der Waals surface area (Å²) in [6.45, 7) is -0.107. The molecule has 0 fully saturated rings. The zero-order valence-corrected chi connectivity index (χ0v) is 15.2. The number of carbonyl (C=O) groups excluding carboxylic acids is 3. The van der Waals surface area contributed by atoms with Gasteiger partial charge in [0.05, 0.1) is 16.8 Å². The molecule has 1 heterocycles. The quantitative estimate of drug-likeness (QED) is 0.308. The Hall–Kier alpha value is -4.13. The third-order valence-electron chi connectivity index (χ3n) is 4.57. The number of phenolic OH excluding ortho intramolecular Hbond substituents is 1. The lowest BCUT2D eigenvalue weighted by Gasteiger charge is -2.15. The number of nitrogen functional groups attached to an aromatic ring is 1. The van der Waals surface area contributed by atoms with Crippen molar-refractivity contribution in [2.24, 2.45) is 0 Å². The lowest BCUT2D eigenvalue weighted by atomic mass is 10.1. The van der Waals surface area contributed by atoms with E-state index in [1.54, 1.807) is 48.5 Å². The summed E-state index contributed by atoms with van der Waals surface area (Å²) in [5, 5.41) is 9.80. The number of imide groups is 1. The molecule has 0 atom stereocenters. The lowest BCUT2D eigenvalue weighted by Crippen LogP contribution is -2.29. The summed E-state index contributed by atoms with van der Waals surface area (Å²) < 4.78 is 5.24. The molecule has 2 amide bonds. The van der Waals surface area contributed by atoms with E-state index in [-0.39, 0.29) is 17.9 Å². The molecule has 0 unspecified atom stereocenters. The molecule has 3 aromatic rings. The van der Waals surface area contributed by atoms with Crippen LogP contribution >= 0.6 is 0 Å². The first-order chi connectivity index (χ1) is 14.0. The molecule has 0 spiro atoms. The first-order valence-electron chi connectivity index (χ1n) is 8.78. The second-order valence-electron chi connectivity index (χ2n) is 6.51. The highest BCUT2D eigenvalue weighted by Gasteiger charge is 2.36. The number of esters is 1. The molecule has 0 aromatic heterocycles. The summed E-state index contributed by atoms with van der Waals surface area (Å²) in [4.78, 5) is 38.6. The SMILES string of the molecule is Nc1ccc(O)c(C(=O)OCc2cccc(N3C(=O)c4ccccc4C3=O)c2)c1. The fourth-order valence-corrected chi connectivity index (χ4v) is 3.15. The fourth-order valence-electron chi connectivity index (χ4n) is 3.15. The Morgan fingerprint density at radius 2 is 1.62 bits per heavy atom. The van der Waals surface area contributed by atoms with Crippen molar-refractivity contribution in [1.82, 2.24) is 0 Å². The fraction of sp³-hybridized carbons (Fsp3) is 0.0455. The number of rotatable bonds is 4. The van der Waals surface area contributed by atoms with Crippen LogP contribution in [0.15, 0.2) is 66.7 Å². The third kappa shape index (κ3) is 3.29. The van der Waals surface area contributed by atoms with Crippen LogP contribution in [-0.2, 0) is 11.3 Å². The van der Waals surface area contributed by atoms with E-state index < -0.39 is 17.8 Å². The van der Waals surface area contributed by atoms with Crippen LogP contribution in [0.25, 0.3) is 0 Å². The molecule has 7 heteroatoms. The third-order valence-corrected chi connectivity index (χ3v) is 4.57. The molecule has 4 rings (SSSR count). The Labute approximate surface area is 165 Å². The Morgan fingerprint density at radius 3 is 2.31 bits per heavy atom. The van der Waals surface area contributed by atoms with E-state index in [4.69, 9.17) is 10.5 Å². The van der Waals surface area contributed by atoms with Gasteiger partial charge in [-0.2, -0.15) is 0 Å². The minimum atomic E-state index is -0.735. The number of fused-ring (bicyclic) bond motifs is 1. The van der Waals surface area contributed by atoms with Crippen LogP contribution in [0.3, 0.4) is 0 Å². The first kappa shape index (κ1) is 18.2. The Kier molecular flexibility index (Phi) is 4.48. The minimum absolute atomic E-state index is 0.0403. The van der Waals surface area contributed by atoms with Crippen LogP contribution in [0.2, 0.25) is 0 Å². The van der Waals surface area contributed by atoms with Gasteiger partial charge in [0.15, 0.2) is 0 Å². The van der Waals surface area contributed by atoms with E-state index in [9.17, 15) is 19.5 Å². The van der Waals surface area contributed by atoms with Gasteiger partial charge in [0.25, 0.3) is 11.8 Å². The molecule has 0 radical (unpaired) electrons. The standard InChI is InChI=1S/C22H16N2O5/c23-14-8-9-19(25)18(11-14)22(28)29-12-13-4-3-5-15(10-13)24-20(26)16-6-1-2-7-17(16)21(24)27/h1-11,25H,12,23H2. The molecule has 29 heavy (non-hydrogen) atoms. The maximum absolute atomic E-state index is 12.6. The minimum Gasteiger partial charge on any atom is -0.507 e. The van der Waals surface area contributed by atoms with Crippen LogP contribution in [0, 0.1) is 0 Å². The number of aromatic hydroxyl groups is 1. The number of hydrogen-bond donors (Lipinski definition) is 2. The van der Waals surface area contributed by atoms with Crippen molar-refractivity contribution in [1.29, 1.82) is 0 Å². The lowest BCUT2D eigenvalue weighted by molar-refractivity contribution is 0.0469. The van der Waals surface area contributed by atoms with Gasteiger partial charge in [0.2, 0.25) is 0 Å². The van der Waals surface area contributed by atoms with Gasteiger partial charge in [-0.05, 0) is 48.0 Å². The highest BCUT2D eigenvalue weighted by atomic mass is 16.5. The highest BCUT2D eigenvalue weighted by molar-refractivity contribution is 6.34. The normalized spacial score (nSPS) is 12.8. The number of hydrogen-bond acceptors (Lipinski definition) is 6. The number of amides is 2. The smallest absolute Gasteiger partial charge is 0.342 e. The summed E-state index contributed by atoms with van der Waals surface area (Å²) in [5.41, 5.74) is 7.59. The topological polar surface area (TPSA) is 110 Å². The van der Waals surface area contributed by atoms with E-state index in [1.807, 2.05) is 0 Å². The van der Waals surface area contributed by atoms with Crippen LogP contribution in [0.4, 0.5) is 11.4 Å². The van der Waals surface area contributed by atoms with Gasteiger partial charge < -0.3 is 15.6 Å². The first-order valence-corrected chi connectivity index (χ1v) is 8.78. The number of anilines is 2. The number of carbonyl (C=O) groups is 3. The second kappa shape index (κ2) is 7.12. The van der Waals surface area contributed by atoms with Crippen molar-refractivity contribution >= 4 is 29.2 Å². The summed E-state index contributed by atoms with van der Waals surface area (Å²) in [6.07, 6.45) is 0. The molecule has 0 saturated carbocycles. The molecule has 1 aliphatic heterocycles. The van der Waals surface area contributed by atoms with E-state index in [0.29, 0.717) is 28.1 Å². The molecule has 144 valence electrons. The van der Waals surface area contributed by atoms with Crippen LogP contribution in [0.1, 0.15) is 36.6 Å². The maximum atomic E-state index is 12.6. The largest absolute Gasteiger partial charge is 0.507 e. The van der Waals surface area contributed by atoms with Gasteiger partial charge in [-0.1, -0.05) is 24.3 Å². The van der Waals surface area contributed by atoms with Crippen LogP contribution in [0.5, 0.6) is 5.75 Å². The zero-order chi connectivity index (χ0) is 20.5. The van der Waals surface area contributed by atoms with Crippen molar-refractivity contribution in [3.63, 3.8) is 0 Å². The van der Waals surface area contributed by atoms with Gasteiger partial charge >= 0.3 is 5.97 Å². The van der Waals surface area contributed by atoms with Gasteiger partial charge in [-0.25, -0.2) is 9.69 Å². The number of ether oxygens (including phenoxy) is 1. The van der Waals surface area contributed by atoms with Gasteiger partial charge in [-0.15, -0.1) is 0 Å². The van der Waals surface area contributed by atoms with E-state index in [2.05, 4.69) is 0 Å². The Bertz CT molecular complexity index is 1120. The van der Waals surface area contributed by atoms with Gasteiger partial charge in [-0.3, -0.25) is 9.59 Å². The average molecular weight is 388 g/mol. The molecule has 3 N–H and O–H groups in total. The van der Waals surface area contributed by atoms with E-state index in [1.165, 1.54) is 18.2 Å². The molecule has 1 aliphatic rings. The summed E-state index contributed by atoms with van der Waals surface area (Å²) in [5.74, 6) is -1.77. The molecular weight excluding hydrogens is 372 g/mol. The Balaban J connectivity index is 1.53. The maximum Gasteiger partial charge on any atom is 0.342 e. The number of benzene rings is 3. The summed E-state index contributed by atoms with van der Waals surface area (Å²) in [6, 6.07) is 17.3. The van der Waals surface area contributed by atoms with Gasteiger partial charge in [0, 0.05) is 5.69 Å². The number of nitrogens with zero attached hydrogens (tertiary/aromatic N) is 1. The number of phenols is 1. The second-order valence-corrected chi connectivity index (χ2v) is 6.51. The molecule has 0 saturated heterocycles. The van der Waals surface area contributed by atoms with Crippen LogP contribution in [-0.4, -0.2) is 22.9 Å². The molecular formula is C22H16N2O5. The monoisotopic (exact) mass is 388 g/mol. The van der Waals surface area contributed by atoms with Crippen LogP contribution < -0.4 is 10.6 Å². The molecule has 7 nitrogen and oxygen atoms in total. The van der Waals surface area contributed by atoms with Crippen molar-refractivity contribution in [3.05, 3.63) is 89.0 Å². The molecule has 0 bridgehead atoms. The summed E-state index contributed by atoms with van der Waals surface area (Å²) >= 11 is 0. The van der Waals surface area contributed by atoms with Crippen molar-refractivity contribution < 1.29 is 24.2 Å². The summed E-state index contributed by atoms with van der Waals surface area (Å²) in [7, 11) is 0. The predicted octanol–water partition coefficient (Wildman–Crippen LogP) is 3.13. The van der Waals surface area contributed by atoms with Crippen molar-refractivity contribution in [2.75, 3.05) is 10.6 Å².